The van der Waals surface area contributed by atoms with Crippen LogP contribution in [0.1, 0.15) is 25.3 Å². The van der Waals surface area contributed by atoms with Crippen LogP contribution in [0.5, 0.6) is 0 Å². The molecule has 1 aliphatic heterocycles. The third-order valence-corrected chi connectivity index (χ3v) is 3.22. The van der Waals surface area contributed by atoms with Crippen LogP contribution in [0.3, 0.4) is 0 Å². The summed E-state index contributed by atoms with van der Waals surface area (Å²) in [6, 6.07) is 3.72. The summed E-state index contributed by atoms with van der Waals surface area (Å²) in [5.41, 5.74) is 6.91. The average molecular weight is 246 g/mol. The van der Waals surface area contributed by atoms with Gasteiger partial charge in [-0.25, -0.2) is 4.98 Å². The molecule has 96 valence electrons. The number of rotatable bonds is 4. The van der Waals surface area contributed by atoms with Crippen LogP contribution in [0.15, 0.2) is 12.3 Å². The lowest BCUT2D eigenvalue weighted by Gasteiger charge is -2.26. The summed E-state index contributed by atoms with van der Waals surface area (Å²) in [4.78, 5) is 6.37. The van der Waals surface area contributed by atoms with Crippen molar-refractivity contribution in [1.82, 2.24) is 4.98 Å². The lowest BCUT2D eigenvalue weighted by Crippen LogP contribution is -2.33. The van der Waals surface area contributed by atoms with Gasteiger partial charge in [-0.1, -0.05) is 0 Å². The Balaban J connectivity index is 2.19. The van der Waals surface area contributed by atoms with Crippen molar-refractivity contribution in [1.29, 1.82) is 5.26 Å². The van der Waals surface area contributed by atoms with Crippen LogP contribution in [0.25, 0.3) is 0 Å². The van der Waals surface area contributed by atoms with Crippen LogP contribution in [-0.2, 0) is 4.74 Å². The standard InChI is InChI=1S/C13H18N4O/c1-2-17(9-11-4-3-7-18-11)13-12(15)10(8-14)5-6-16-13/h5-6,11H,2-4,7,9,15H2,1H3. The lowest BCUT2D eigenvalue weighted by atomic mass is 10.2. The Morgan fingerprint density at radius 3 is 3.11 bits per heavy atom. The van der Waals surface area contributed by atoms with Crippen molar-refractivity contribution in [2.75, 3.05) is 30.3 Å². The second kappa shape index (κ2) is 5.69. The summed E-state index contributed by atoms with van der Waals surface area (Å²) in [6.07, 6.45) is 4.07. The third-order valence-electron chi connectivity index (χ3n) is 3.22. The highest BCUT2D eigenvalue weighted by Crippen LogP contribution is 2.25. The number of anilines is 2. The van der Waals surface area contributed by atoms with Gasteiger partial charge >= 0.3 is 0 Å². The SMILES string of the molecule is CCN(CC1CCCO1)c1nccc(C#N)c1N. The van der Waals surface area contributed by atoms with Crippen molar-refractivity contribution in [3.05, 3.63) is 17.8 Å². The topological polar surface area (TPSA) is 75.2 Å². The van der Waals surface area contributed by atoms with Gasteiger partial charge in [0.05, 0.1) is 17.4 Å². The molecule has 0 amide bonds. The molecule has 0 aromatic carbocycles. The largest absolute Gasteiger partial charge is 0.395 e. The van der Waals surface area contributed by atoms with Gasteiger partial charge in [0.2, 0.25) is 0 Å². The Kier molecular flexibility index (Phi) is 4.00. The number of pyridine rings is 1. The number of likely N-dealkylation sites (N-methyl/N-ethyl adjacent to an activating group) is 1. The van der Waals surface area contributed by atoms with E-state index < -0.39 is 0 Å². The normalized spacial score (nSPS) is 18.6. The van der Waals surface area contributed by atoms with E-state index in [1.807, 2.05) is 0 Å². The summed E-state index contributed by atoms with van der Waals surface area (Å²) in [5, 5.41) is 8.98. The molecular formula is C13H18N4O. The van der Waals surface area contributed by atoms with Crippen molar-refractivity contribution in [3.8, 4) is 6.07 Å². The van der Waals surface area contributed by atoms with E-state index in [-0.39, 0.29) is 6.10 Å². The molecule has 0 aliphatic carbocycles. The molecule has 5 nitrogen and oxygen atoms in total. The molecule has 2 N–H and O–H groups in total. The van der Waals surface area contributed by atoms with Gasteiger partial charge in [-0.3, -0.25) is 0 Å². The molecule has 2 rings (SSSR count). The Labute approximate surface area is 107 Å². The van der Waals surface area contributed by atoms with E-state index in [0.717, 1.165) is 32.5 Å². The van der Waals surface area contributed by atoms with Crippen LogP contribution in [0.4, 0.5) is 11.5 Å². The average Bonchev–Trinajstić information content (AvgIpc) is 2.89. The van der Waals surface area contributed by atoms with Crippen LogP contribution in [0.2, 0.25) is 0 Å². The molecule has 0 bridgehead atoms. The molecule has 1 saturated heterocycles. The Bertz CT molecular complexity index is 449. The number of nitriles is 1. The van der Waals surface area contributed by atoms with E-state index >= 15 is 0 Å². The van der Waals surface area contributed by atoms with Crippen LogP contribution < -0.4 is 10.6 Å². The third kappa shape index (κ3) is 2.54. The number of ether oxygens (including phenoxy) is 1. The second-order valence-electron chi connectivity index (χ2n) is 4.38. The molecule has 1 aromatic rings. The molecule has 18 heavy (non-hydrogen) atoms. The molecular weight excluding hydrogens is 228 g/mol. The molecule has 2 heterocycles. The first-order valence-electron chi connectivity index (χ1n) is 6.27. The summed E-state index contributed by atoms with van der Waals surface area (Å²) in [6.45, 7) is 4.47. The molecule has 0 radical (unpaired) electrons. The molecule has 1 atom stereocenters. The van der Waals surface area contributed by atoms with Crippen molar-refractivity contribution in [2.45, 2.75) is 25.9 Å². The predicted molar refractivity (Wildman–Crippen MR) is 70.2 cm³/mol. The molecule has 5 heteroatoms. The van der Waals surface area contributed by atoms with Gasteiger partial charge in [-0.05, 0) is 25.8 Å². The maximum Gasteiger partial charge on any atom is 0.153 e. The highest BCUT2D eigenvalue weighted by atomic mass is 16.5. The molecule has 0 spiro atoms. The highest BCUT2D eigenvalue weighted by molar-refractivity contribution is 5.69. The van der Waals surface area contributed by atoms with E-state index in [9.17, 15) is 0 Å². The monoisotopic (exact) mass is 246 g/mol. The molecule has 0 saturated carbocycles. The van der Waals surface area contributed by atoms with E-state index in [1.54, 1.807) is 12.3 Å². The molecule has 1 unspecified atom stereocenters. The Morgan fingerprint density at radius 1 is 1.67 bits per heavy atom. The minimum Gasteiger partial charge on any atom is -0.395 e. The minimum atomic E-state index is 0.247. The van der Waals surface area contributed by atoms with Crippen molar-refractivity contribution >= 4 is 11.5 Å². The number of aromatic nitrogens is 1. The fraction of sp³-hybridized carbons (Fsp3) is 0.538. The van der Waals surface area contributed by atoms with Gasteiger partial charge < -0.3 is 15.4 Å². The zero-order valence-corrected chi connectivity index (χ0v) is 10.6. The zero-order chi connectivity index (χ0) is 13.0. The van der Waals surface area contributed by atoms with Gasteiger partial charge in [0, 0.05) is 25.9 Å². The van der Waals surface area contributed by atoms with Crippen LogP contribution in [-0.4, -0.2) is 30.8 Å². The van der Waals surface area contributed by atoms with Crippen LogP contribution in [0, 0.1) is 11.3 Å². The number of nitrogens with zero attached hydrogens (tertiary/aromatic N) is 3. The van der Waals surface area contributed by atoms with Gasteiger partial charge in [0.25, 0.3) is 0 Å². The molecule has 1 fully saturated rings. The van der Waals surface area contributed by atoms with Gasteiger partial charge in [-0.15, -0.1) is 0 Å². The van der Waals surface area contributed by atoms with E-state index in [0.29, 0.717) is 17.1 Å². The maximum atomic E-state index is 8.98. The Morgan fingerprint density at radius 2 is 2.50 bits per heavy atom. The number of nitrogen functional groups attached to an aromatic ring is 1. The first-order valence-corrected chi connectivity index (χ1v) is 6.27. The fourth-order valence-electron chi connectivity index (χ4n) is 2.21. The summed E-state index contributed by atoms with van der Waals surface area (Å²) >= 11 is 0. The minimum absolute atomic E-state index is 0.247. The summed E-state index contributed by atoms with van der Waals surface area (Å²) < 4.78 is 5.63. The van der Waals surface area contributed by atoms with Gasteiger partial charge in [-0.2, -0.15) is 5.26 Å². The maximum absolute atomic E-state index is 8.98. The van der Waals surface area contributed by atoms with Crippen molar-refractivity contribution in [2.24, 2.45) is 0 Å². The van der Waals surface area contributed by atoms with Crippen molar-refractivity contribution in [3.63, 3.8) is 0 Å². The highest BCUT2D eigenvalue weighted by Gasteiger charge is 2.21. The fourth-order valence-corrected chi connectivity index (χ4v) is 2.21. The first-order chi connectivity index (χ1) is 8.76. The predicted octanol–water partition coefficient (Wildman–Crippen LogP) is 1.54. The Hall–Kier alpha value is -1.80. The zero-order valence-electron chi connectivity index (χ0n) is 10.6. The molecule has 1 aromatic heterocycles. The van der Waals surface area contributed by atoms with Gasteiger partial charge in [0.1, 0.15) is 6.07 Å². The number of hydrogen-bond acceptors (Lipinski definition) is 5. The summed E-state index contributed by atoms with van der Waals surface area (Å²) in [5.74, 6) is 0.687. The van der Waals surface area contributed by atoms with Crippen molar-refractivity contribution < 1.29 is 4.74 Å². The lowest BCUT2D eigenvalue weighted by molar-refractivity contribution is 0.115. The smallest absolute Gasteiger partial charge is 0.153 e. The van der Waals surface area contributed by atoms with Gasteiger partial charge in [0.15, 0.2) is 5.82 Å². The summed E-state index contributed by atoms with van der Waals surface area (Å²) in [7, 11) is 0. The quantitative estimate of drug-likeness (QED) is 0.872. The van der Waals surface area contributed by atoms with E-state index in [1.165, 1.54) is 0 Å². The van der Waals surface area contributed by atoms with E-state index in [4.69, 9.17) is 15.7 Å². The van der Waals surface area contributed by atoms with E-state index in [2.05, 4.69) is 22.9 Å². The number of hydrogen-bond donors (Lipinski definition) is 1. The van der Waals surface area contributed by atoms with Crippen LogP contribution >= 0.6 is 0 Å². The first kappa shape index (κ1) is 12.7. The second-order valence-corrected chi connectivity index (χ2v) is 4.38. The molecule has 1 aliphatic rings. The number of nitrogens with two attached hydrogens (primary N) is 1.